The Hall–Kier alpha value is -0.820. The van der Waals surface area contributed by atoms with Gasteiger partial charge in [0.2, 0.25) is 0 Å². The molecule has 0 radical (unpaired) electrons. The molecule has 1 N–H and O–H groups in total. The highest BCUT2D eigenvalue weighted by molar-refractivity contribution is 5.04. The summed E-state index contributed by atoms with van der Waals surface area (Å²) in [7, 11) is 0. The quantitative estimate of drug-likeness (QED) is 0.600. The minimum Gasteiger partial charge on any atom is -0.396 e. The van der Waals surface area contributed by atoms with Gasteiger partial charge >= 0.3 is 0 Å². The van der Waals surface area contributed by atoms with E-state index in [9.17, 15) is 0 Å². The molecule has 1 nitrogen and oxygen atoms in total. The molecule has 0 heterocycles. The summed E-state index contributed by atoms with van der Waals surface area (Å²) in [6, 6.07) is 0. The molecule has 0 spiro atoms. The van der Waals surface area contributed by atoms with Crippen molar-refractivity contribution in [1.29, 1.82) is 0 Å². The summed E-state index contributed by atoms with van der Waals surface area (Å²) in [5.74, 6) is 0.552. The molecule has 0 fully saturated rings. The maximum absolute atomic E-state index is 8.78. The second kappa shape index (κ2) is 8.49. The minimum absolute atomic E-state index is 0.243. The maximum Gasteiger partial charge on any atom is 0.0468 e. The van der Waals surface area contributed by atoms with Crippen LogP contribution in [0.25, 0.3) is 0 Å². The Kier molecular flexibility index (Phi) is 8.02. The normalized spacial score (nSPS) is 13.7. The van der Waals surface area contributed by atoms with Crippen LogP contribution >= 0.6 is 0 Å². The average molecular weight is 208 g/mol. The fraction of sp³-hybridized carbons (Fsp3) is 0.571. The minimum atomic E-state index is 0.243. The van der Waals surface area contributed by atoms with Crippen LogP contribution in [0.5, 0.6) is 0 Å². The summed E-state index contributed by atoms with van der Waals surface area (Å²) in [5, 5.41) is 8.78. The van der Waals surface area contributed by atoms with Crippen LogP contribution in [0.1, 0.15) is 39.5 Å². The van der Waals surface area contributed by atoms with Gasteiger partial charge < -0.3 is 5.11 Å². The Morgan fingerprint density at radius 1 is 1.40 bits per heavy atom. The van der Waals surface area contributed by atoms with Crippen molar-refractivity contribution in [2.75, 3.05) is 6.61 Å². The monoisotopic (exact) mass is 208 g/mol. The number of rotatable bonds is 8. The molecule has 0 aromatic carbocycles. The van der Waals surface area contributed by atoms with E-state index in [1.807, 2.05) is 6.08 Å². The molecule has 0 amide bonds. The molecule has 86 valence electrons. The molecular formula is C14H24O. The summed E-state index contributed by atoms with van der Waals surface area (Å²) in [6.45, 7) is 12.2. The Bertz CT molecular complexity index is 225. The van der Waals surface area contributed by atoms with Crippen LogP contribution < -0.4 is 0 Å². The van der Waals surface area contributed by atoms with Crippen LogP contribution in [0.15, 0.2) is 36.5 Å². The lowest BCUT2D eigenvalue weighted by Gasteiger charge is -2.14. The molecule has 0 aromatic heterocycles. The van der Waals surface area contributed by atoms with E-state index in [1.165, 1.54) is 11.1 Å². The largest absolute Gasteiger partial charge is 0.396 e. The van der Waals surface area contributed by atoms with Crippen molar-refractivity contribution in [2.24, 2.45) is 5.92 Å². The van der Waals surface area contributed by atoms with E-state index < -0.39 is 0 Å². The summed E-state index contributed by atoms with van der Waals surface area (Å²) in [6.07, 6.45) is 8.17. The van der Waals surface area contributed by atoms with Crippen molar-refractivity contribution >= 4 is 0 Å². The first kappa shape index (κ1) is 14.2. The van der Waals surface area contributed by atoms with Gasteiger partial charge in [0.05, 0.1) is 0 Å². The summed E-state index contributed by atoms with van der Waals surface area (Å²) < 4.78 is 0. The number of hydrogen-bond acceptors (Lipinski definition) is 1. The van der Waals surface area contributed by atoms with Gasteiger partial charge in [0.25, 0.3) is 0 Å². The summed E-state index contributed by atoms with van der Waals surface area (Å²) in [4.78, 5) is 0. The van der Waals surface area contributed by atoms with Crippen molar-refractivity contribution in [3.05, 3.63) is 36.5 Å². The lowest BCUT2D eigenvalue weighted by atomic mass is 9.92. The lowest BCUT2D eigenvalue weighted by molar-refractivity contribution is 0.299. The Balaban J connectivity index is 4.10. The molecule has 0 aliphatic heterocycles. The molecule has 0 saturated carbocycles. The first-order chi connectivity index (χ1) is 7.11. The van der Waals surface area contributed by atoms with Crippen LogP contribution in [0, 0.1) is 5.92 Å². The van der Waals surface area contributed by atoms with Crippen molar-refractivity contribution in [2.45, 2.75) is 39.5 Å². The van der Waals surface area contributed by atoms with Crippen molar-refractivity contribution < 1.29 is 5.11 Å². The predicted octanol–water partition coefficient (Wildman–Crippen LogP) is 3.86. The zero-order valence-electron chi connectivity index (χ0n) is 10.1. The third-order valence-electron chi connectivity index (χ3n) is 2.67. The Morgan fingerprint density at radius 2 is 2.07 bits per heavy atom. The Labute approximate surface area is 94.2 Å². The smallest absolute Gasteiger partial charge is 0.0468 e. The highest BCUT2D eigenvalue weighted by Gasteiger charge is 2.06. The molecule has 1 heteroatoms. The molecule has 0 saturated heterocycles. The second-order valence-electron chi connectivity index (χ2n) is 4.17. The van der Waals surface area contributed by atoms with Crippen molar-refractivity contribution in [1.82, 2.24) is 0 Å². The number of hydrogen-bond donors (Lipinski definition) is 1. The molecule has 0 aromatic rings. The van der Waals surface area contributed by atoms with Crippen molar-refractivity contribution in [3.63, 3.8) is 0 Å². The van der Waals surface area contributed by atoms with Gasteiger partial charge in [-0.1, -0.05) is 29.9 Å². The van der Waals surface area contributed by atoms with Gasteiger partial charge in [0, 0.05) is 6.61 Å². The molecular weight excluding hydrogens is 184 g/mol. The average Bonchev–Trinajstić information content (AvgIpc) is 2.17. The molecule has 0 rings (SSSR count). The summed E-state index contributed by atoms with van der Waals surface area (Å²) >= 11 is 0. The van der Waals surface area contributed by atoms with E-state index in [4.69, 9.17) is 5.11 Å². The van der Waals surface area contributed by atoms with E-state index in [-0.39, 0.29) is 6.61 Å². The molecule has 0 aliphatic rings. The SMILES string of the molecule is C=CCC[C@H](C/C=C(/C)CCO)C(=C)C. The molecule has 0 bridgehead atoms. The second-order valence-corrected chi connectivity index (χ2v) is 4.17. The first-order valence-electron chi connectivity index (χ1n) is 5.64. The van der Waals surface area contributed by atoms with Crippen LogP contribution in [-0.4, -0.2) is 11.7 Å². The topological polar surface area (TPSA) is 20.2 Å². The van der Waals surface area contributed by atoms with E-state index in [0.717, 1.165) is 25.7 Å². The highest BCUT2D eigenvalue weighted by atomic mass is 16.2. The van der Waals surface area contributed by atoms with Crippen LogP contribution in [0.3, 0.4) is 0 Å². The van der Waals surface area contributed by atoms with E-state index in [1.54, 1.807) is 0 Å². The van der Waals surface area contributed by atoms with Gasteiger partial charge in [-0.15, -0.1) is 6.58 Å². The van der Waals surface area contributed by atoms with E-state index in [2.05, 4.69) is 33.1 Å². The van der Waals surface area contributed by atoms with Gasteiger partial charge in [0.15, 0.2) is 0 Å². The summed E-state index contributed by atoms with van der Waals surface area (Å²) in [5.41, 5.74) is 2.51. The fourth-order valence-corrected chi connectivity index (χ4v) is 1.51. The Morgan fingerprint density at radius 3 is 2.53 bits per heavy atom. The third-order valence-corrected chi connectivity index (χ3v) is 2.67. The zero-order chi connectivity index (χ0) is 11.7. The van der Waals surface area contributed by atoms with Crippen LogP contribution in [0.4, 0.5) is 0 Å². The number of aliphatic hydroxyl groups is 1. The van der Waals surface area contributed by atoms with Gasteiger partial charge in [-0.2, -0.15) is 0 Å². The van der Waals surface area contributed by atoms with Gasteiger partial charge in [-0.25, -0.2) is 0 Å². The van der Waals surface area contributed by atoms with Crippen molar-refractivity contribution in [3.8, 4) is 0 Å². The van der Waals surface area contributed by atoms with Gasteiger partial charge in [0.1, 0.15) is 0 Å². The van der Waals surface area contributed by atoms with Crippen LogP contribution in [0.2, 0.25) is 0 Å². The standard InChI is InChI=1S/C14H24O/c1-5-6-7-14(12(2)3)9-8-13(4)10-11-15/h5,8,14-15H,1-2,6-7,9-11H2,3-4H3/b13-8-/t14-/m1/s1. The van der Waals surface area contributed by atoms with E-state index >= 15 is 0 Å². The predicted molar refractivity (Wildman–Crippen MR) is 67.8 cm³/mol. The molecule has 0 aliphatic carbocycles. The maximum atomic E-state index is 8.78. The van der Waals surface area contributed by atoms with E-state index in [0.29, 0.717) is 5.92 Å². The van der Waals surface area contributed by atoms with Crippen LogP contribution in [-0.2, 0) is 0 Å². The third kappa shape index (κ3) is 7.15. The number of aliphatic hydroxyl groups excluding tert-OH is 1. The van der Waals surface area contributed by atoms with Gasteiger partial charge in [-0.05, 0) is 45.4 Å². The first-order valence-corrected chi connectivity index (χ1v) is 5.64. The molecule has 1 atom stereocenters. The number of allylic oxidation sites excluding steroid dienone is 3. The molecule has 0 unspecified atom stereocenters. The highest BCUT2D eigenvalue weighted by Crippen LogP contribution is 2.21. The molecule has 15 heavy (non-hydrogen) atoms. The fourth-order valence-electron chi connectivity index (χ4n) is 1.51. The van der Waals surface area contributed by atoms with Gasteiger partial charge in [-0.3, -0.25) is 0 Å². The zero-order valence-corrected chi connectivity index (χ0v) is 10.1. The lowest BCUT2D eigenvalue weighted by Crippen LogP contribution is -2.00.